The number of aryl methyl sites for hydroxylation is 1. The second-order valence-electron chi connectivity index (χ2n) is 7.01. The first-order chi connectivity index (χ1) is 15.7. The molecule has 2 heterocycles. The highest BCUT2D eigenvalue weighted by Gasteiger charge is 2.19. The lowest BCUT2D eigenvalue weighted by Gasteiger charge is -2.10. The van der Waals surface area contributed by atoms with Crippen LogP contribution in [-0.2, 0) is 6.54 Å². The van der Waals surface area contributed by atoms with Crippen LogP contribution in [0.1, 0.15) is 21.7 Å². The molecule has 0 radical (unpaired) electrons. The van der Waals surface area contributed by atoms with Crippen LogP contribution in [0.2, 0.25) is 0 Å². The van der Waals surface area contributed by atoms with Crippen LogP contribution in [0.15, 0.2) is 100 Å². The van der Waals surface area contributed by atoms with Crippen molar-refractivity contribution in [1.29, 1.82) is 0 Å². The van der Waals surface area contributed by atoms with Gasteiger partial charge in [0.05, 0.1) is 18.2 Å². The summed E-state index contributed by atoms with van der Waals surface area (Å²) < 4.78 is 7.24. The summed E-state index contributed by atoms with van der Waals surface area (Å²) in [5, 5.41) is 12.3. The summed E-state index contributed by atoms with van der Waals surface area (Å²) in [6.45, 7) is 6.43. The monoisotopic (exact) mass is 442 g/mol. The van der Waals surface area contributed by atoms with E-state index in [1.165, 1.54) is 17.6 Å². The van der Waals surface area contributed by atoms with Crippen molar-refractivity contribution in [3.8, 4) is 11.3 Å². The molecular formula is C25H22N4O2S. The Balaban J connectivity index is 1.81. The van der Waals surface area contributed by atoms with Gasteiger partial charge in [-0.05, 0) is 24.6 Å². The van der Waals surface area contributed by atoms with E-state index in [-0.39, 0.29) is 11.7 Å². The van der Waals surface area contributed by atoms with Gasteiger partial charge in [-0.15, -0.1) is 11.7 Å². The summed E-state index contributed by atoms with van der Waals surface area (Å²) in [7, 11) is 0. The summed E-state index contributed by atoms with van der Waals surface area (Å²) in [6, 6.07) is 21.2. The highest BCUT2D eigenvalue weighted by molar-refractivity contribution is 7.14. The standard InChI is InChI=1S/C25H22N4O2S/c1-3-15-29-22(20-13-11-18(2)12-14-20)24(27-23(30)21-10-7-16-31-21)32-25(29)28-26-17-19-8-5-4-6-9-19/h3-14,16-17H,1,15H2,2H3,(H,27,30)/b26-17-,28-25+. The molecule has 0 aliphatic heterocycles. The third kappa shape index (κ3) is 4.84. The summed E-state index contributed by atoms with van der Waals surface area (Å²) in [6.07, 6.45) is 4.97. The fourth-order valence-electron chi connectivity index (χ4n) is 3.13. The van der Waals surface area contributed by atoms with E-state index in [4.69, 9.17) is 4.42 Å². The second-order valence-corrected chi connectivity index (χ2v) is 7.99. The van der Waals surface area contributed by atoms with Crippen molar-refractivity contribution >= 4 is 28.5 Å². The first-order valence-corrected chi connectivity index (χ1v) is 10.9. The zero-order valence-corrected chi connectivity index (χ0v) is 18.4. The Labute approximate surface area is 189 Å². The van der Waals surface area contributed by atoms with E-state index in [0.29, 0.717) is 16.3 Å². The molecule has 0 aliphatic carbocycles. The molecule has 0 bridgehead atoms. The lowest BCUT2D eigenvalue weighted by Crippen LogP contribution is -2.15. The van der Waals surface area contributed by atoms with Crippen molar-refractivity contribution in [2.75, 3.05) is 5.32 Å². The van der Waals surface area contributed by atoms with E-state index in [1.807, 2.05) is 66.1 Å². The Kier molecular flexibility index (Phi) is 6.57. The molecule has 32 heavy (non-hydrogen) atoms. The number of aromatic nitrogens is 1. The second kappa shape index (κ2) is 9.89. The number of carbonyl (C=O) groups excluding carboxylic acids is 1. The van der Waals surface area contributed by atoms with Gasteiger partial charge in [-0.25, -0.2) is 0 Å². The van der Waals surface area contributed by atoms with Gasteiger partial charge in [0.25, 0.3) is 5.91 Å². The highest BCUT2D eigenvalue weighted by atomic mass is 32.1. The minimum absolute atomic E-state index is 0.240. The number of nitrogens with one attached hydrogen (secondary N) is 1. The first kappa shape index (κ1) is 21.3. The molecule has 0 unspecified atom stereocenters. The Morgan fingerprint density at radius 2 is 1.91 bits per heavy atom. The lowest BCUT2D eigenvalue weighted by atomic mass is 10.1. The van der Waals surface area contributed by atoms with E-state index in [0.717, 1.165) is 22.4 Å². The van der Waals surface area contributed by atoms with Crippen molar-refractivity contribution in [3.05, 3.63) is 107 Å². The third-order valence-corrected chi connectivity index (χ3v) is 5.65. The molecule has 0 saturated heterocycles. The summed E-state index contributed by atoms with van der Waals surface area (Å²) in [5.41, 5.74) is 3.89. The predicted molar refractivity (Wildman–Crippen MR) is 129 cm³/mol. The van der Waals surface area contributed by atoms with Crippen molar-refractivity contribution in [3.63, 3.8) is 0 Å². The number of amides is 1. The van der Waals surface area contributed by atoms with Crippen molar-refractivity contribution in [2.45, 2.75) is 13.5 Å². The number of nitrogens with zero attached hydrogens (tertiary/aromatic N) is 3. The van der Waals surface area contributed by atoms with Crippen LogP contribution in [0.25, 0.3) is 11.3 Å². The highest BCUT2D eigenvalue weighted by Crippen LogP contribution is 2.31. The quantitative estimate of drug-likeness (QED) is 0.233. The summed E-state index contributed by atoms with van der Waals surface area (Å²) in [4.78, 5) is 13.3. The fourth-order valence-corrected chi connectivity index (χ4v) is 4.14. The van der Waals surface area contributed by atoms with Gasteiger partial charge in [0, 0.05) is 12.1 Å². The zero-order chi connectivity index (χ0) is 22.3. The van der Waals surface area contributed by atoms with Crippen LogP contribution in [0.4, 0.5) is 5.00 Å². The Morgan fingerprint density at radius 1 is 1.12 bits per heavy atom. The Hall–Kier alpha value is -3.97. The van der Waals surface area contributed by atoms with E-state index in [9.17, 15) is 4.79 Å². The van der Waals surface area contributed by atoms with Crippen LogP contribution in [0, 0.1) is 6.92 Å². The molecule has 1 amide bonds. The Bertz CT molecular complexity index is 1300. The smallest absolute Gasteiger partial charge is 0.292 e. The number of hydrogen-bond donors (Lipinski definition) is 1. The molecule has 1 N–H and O–H groups in total. The third-order valence-electron chi connectivity index (χ3n) is 4.67. The number of rotatable bonds is 7. The molecule has 0 atom stereocenters. The van der Waals surface area contributed by atoms with Crippen LogP contribution in [-0.4, -0.2) is 16.7 Å². The van der Waals surface area contributed by atoms with Crippen LogP contribution in [0.5, 0.6) is 0 Å². The average molecular weight is 443 g/mol. The molecule has 0 fully saturated rings. The van der Waals surface area contributed by atoms with E-state index in [1.54, 1.807) is 24.4 Å². The maximum Gasteiger partial charge on any atom is 0.292 e. The SMILES string of the molecule is C=CCn1c(-c2ccc(C)cc2)c(NC(=O)c2ccco2)s/c1=N/N=C\c1ccccc1. The van der Waals surface area contributed by atoms with Gasteiger partial charge in [-0.1, -0.05) is 77.6 Å². The van der Waals surface area contributed by atoms with Gasteiger partial charge in [0.2, 0.25) is 4.80 Å². The van der Waals surface area contributed by atoms with Gasteiger partial charge in [0.1, 0.15) is 5.00 Å². The number of hydrogen-bond acceptors (Lipinski definition) is 5. The van der Waals surface area contributed by atoms with Gasteiger partial charge in [-0.3, -0.25) is 4.79 Å². The fraction of sp³-hybridized carbons (Fsp3) is 0.0800. The van der Waals surface area contributed by atoms with Crippen molar-refractivity contribution < 1.29 is 9.21 Å². The van der Waals surface area contributed by atoms with Crippen molar-refractivity contribution in [1.82, 2.24) is 4.57 Å². The number of furan rings is 1. The largest absolute Gasteiger partial charge is 0.459 e. The van der Waals surface area contributed by atoms with Gasteiger partial charge >= 0.3 is 0 Å². The summed E-state index contributed by atoms with van der Waals surface area (Å²) >= 11 is 1.35. The van der Waals surface area contributed by atoms with Crippen LogP contribution in [0.3, 0.4) is 0 Å². The number of benzene rings is 2. The zero-order valence-electron chi connectivity index (χ0n) is 17.6. The van der Waals surface area contributed by atoms with E-state index >= 15 is 0 Å². The maximum atomic E-state index is 12.7. The maximum absolute atomic E-state index is 12.7. The minimum Gasteiger partial charge on any atom is -0.459 e. The van der Waals surface area contributed by atoms with Crippen molar-refractivity contribution in [2.24, 2.45) is 10.2 Å². The minimum atomic E-state index is -0.324. The molecule has 4 aromatic rings. The first-order valence-electron chi connectivity index (χ1n) is 10.0. The molecule has 160 valence electrons. The lowest BCUT2D eigenvalue weighted by molar-refractivity contribution is 0.0997. The molecule has 7 heteroatoms. The predicted octanol–water partition coefficient (Wildman–Crippen LogP) is 5.49. The number of thiazole rings is 1. The molecule has 0 spiro atoms. The molecule has 2 aromatic heterocycles. The molecule has 0 saturated carbocycles. The molecule has 2 aromatic carbocycles. The molecule has 6 nitrogen and oxygen atoms in total. The number of carbonyl (C=O) groups is 1. The number of allylic oxidation sites excluding steroid dienone is 1. The van der Waals surface area contributed by atoms with Gasteiger partial charge in [0.15, 0.2) is 5.76 Å². The Morgan fingerprint density at radius 3 is 2.59 bits per heavy atom. The summed E-state index contributed by atoms with van der Waals surface area (Å²) in [5.74, 6) is -0.0844. The average Bonchev–Trinajstić information content (AvgIpc) is 3.45. The molecule has 0 aliphatic rings. The topological polar surface area (TPSA) is 71.9 Å². The van der Waals surface area contributed by atoms with Gasteiger partial charge < -0.3 is 14.3 Å². The number of anilines is 1. The normalized spacial score (nSPS) is 11.7. The van der Waals surface area contributed by atoms with Crippen LogP contribution < -0.4 is 10.1 Å². The van der Waals surface area contributed by atoms with E-state index in [2.05, 4.69) is 22.1 Å². The van der Waals surface area contributed by atoms with Gasteiger partial charge in [-0.2, -0.15) is 5.10 Å². The van der Waals surface area contributed by atoms with Crippen LogP contribution >= 0.6 is 11.3 Å². The molecular weight excluding hydrogens is 420 g/mol. The van der Waals surface area contributed by atoms with E-state index < -0.39 is 0 Å². The molecule has 4 rings (SSSR count).